The van der Waals surface area contributed by atoms with Crippen LogP contribution in [0, 0.1) is 11.3 Å². The minimum absolute atomic E-state index is 0.0171. The van der Waals surface area contributed by atoms with Gasteiger partial charge in [0.15, 0.2) is 0 Å². The fraction of sp³-hybridized carbons (Fsp3) is 0.867. The van der Waals surface area contributed by atoms with Crippen molar-refractivity contribution in [3.05, 3.63) is 0 Å². The number of carbonyl (C=O) groups is 2. The van der Waals surface area contributed by atoms with E-state index in [0.717, 1.165) is 12.8 Å². The Labute approximate surface area is 120 Å². The number of hydrogen-bond donors (Lipinski definition) is 2. The third kappa shape index (κ3) is 3.87. The third-order valence-electron chi connectivity index (χ3n) is 4.66. The van der Waals surface area contributed by atoms with Gasteiger partial charge in [-0.1, -0.05) is 20.3 Å². The zero-order valence-corrected chi connectivity index (χ0v) is 12.5. The Bertz CT molecular complexity index is 373. The molecule has 1 aliphatic heterocycles. The highest BCUT2D eigenvalue weighted by Gasteiger charge is 2.31. The molecule has 1 aliphatic carbocycles. The zero-order valence-electron chi connectivity index (χ0n) is 12.5. The van der Waals surface area contributed by atoms with Crippen molar-refractivity contribution < 1.29 is 14.7 Å². The molecule has 0 spiro atoms. The molecule has 0 radical (unpaired) electrons. The first kappa shape index (κ1) is 15.1. The van der Waals surface area contributed by atoms with E-state index in [0.29, 0.717) is 31.3 Å². The lowest BCUT2D eigenvalue weighted by atomic mass is 9.75. The van der Waals surface area contributed by atoms with E-state index in [-0.39, 0.29) is 18.0 Å². The Morgan fingerprint density at radius 1 is 1.20 bits per heavy atom. The monoisotopic (exact) mass is 282 g/mol. The first-order valence-corrected chi connectivity index (χ1v) is 7.66. The molecule has 0 aromatic carbocycles. The average Bonchev–Trinajstić information content (AvgIpc) is 2.37. The van der Waals surface area contributed by atoms with Crippen molar-refractivity contribution in [3.63, 3.8) is 0 Å². The van der Waals surface area contributed by atoms with E-state index in [1.165, 1.54) is 12.8 Å². The summed E-state index contributed by atoms with van der Waals surface area (Å²) in [5.74, 6) is -1.02. The highest BCUT2D eigenvalue weighted by molar-refractivity contribution is 5.75. The van der Waals surface area contributed by atoms with Crippen LogP contribution in [0.4, 0.5) is 4.79 Å². The smallest absolute Gasteiger partial charge is 0.317 e. The van der Waals surface area contributed by atoms with Gasteiger partial charge >= 0.3 is 12.0 Å². The Kier molecular flexibility index (Phi) is 4.55. The second-order valence-corrected chi connectivity index (χ2v) is 7.01. The van der Waals surface area contributed by atoms with Gasteiger partial charge in [0.2, 0.25) is 0 Å². The molecule has 2 amide bonds. The molecule has 0 aromatic heterocycles. The summed E-state index contributed by atoms with van der Waals surface area (Å²) in [4.78, 5) is 24.9. The molecule has 2 N–H and O–H groups in total. The maximum atomic E-state index is 12.2. The van der Waals surface area contributed by atoms with Crippen LogP contribution in [0.1, 0.15) is 52.4 Å². The minimum Gasteiger partial charge on any atom is -0.481 e. The van der Waals surface area contributed by atoms with Crippen molar-refractivity contribution in [3.8, 4) is 0 Å². The highest BCUT2D eigenvalue weighted by atomic mass is 16.4. The lowest BCUT2D eigenvalue weighted by Gasteiger charge is -2.37. The van der Waals surface area contributed by atoms with Crippen molar-refractivity contribution in [2.75, 3.05) is 13.1 Å². The molecule has 2 fully saturated rings. The van der Waals surface area contributed by atoms with Gasteiger partial charge in [-0.2, -0.15) is 0 Å². The zero-order chi connectivity index (χ0) is 14.8. The standard InChI is InChI=1S/C15H26N2O3/c1-15(2)7-3-4-12(10-15)16-14(20)17-8-5-11(6-9-17)13(18)19/h11-12H,3-10H2,1-2H3,(H,16,20)(H,18,19). The van der Waals surface area contributed by atoms with Gasteiger partial charge in [-0.15, -0.1) is 0 Å². The normalized spacial score (nSPS) is 27.1. The SMILES string of the molecule is CC1(C)CCCC(NC(=O)N2CCC(C(=O)O)CC2)C1. The number of aliphatic carboxylic acids is 1. The number of likely N-dealkylation sites (tertiary alicyclic amines) is 1. The summed E-state index contributed by atoms with van der Waals surface area (Å²) in [5.41, 5.74) is 0.312. The molecule has 5 nitrogen and oxygen atoms in total. The van der Waals surface area contributed by atoms with Crippen LogP contribution < -0.4 is 5.32 Å². The second kappa shape index (κ2) is 6.02. The molecule has 1 unspecified atom stereocenters. The van der Waals surface area contributed by atoms with Crippen molar-refractivity contribution in [2.45, 2.75) is 58.4 Å². The number of carbonyl (C=O) groups excluding carboxylic acids is 1. The van der Waals surface area contributed by atoms with Crippen molar-refractivity contribution in [1.82, 2.24) is 10.2 Å². The largest absolute Gasteiger partial charge is 0.481 e. The molecule has 20 heavy (non-hydrogen) atoms. The van der Waals surface area contributed by atoms with Crippen LogP contribution in [-0.2, 0) is 4.79 Å². The van der Waals surface area contributed by atoms with Crippen LogP contribution in [0.25, 0.3) is 0 Å². The molecule has 1 heterocycles. The van der Waals surface area contributed by atoms with E-state index in [4.69, 9.17) is 5.11 Å². The lowest BCUT2D eigenvalue weighted by molar-refractivity contribution is -0.143. The Hall–Kier alpha value is -1.26. The summed E-state index contributed by atoms with van der Waals surface area (Å²) in [6.07, 6.45) is 5.62. The summed E-state index contributed by atoms with van der Waals surface area (Å²) in [5, 5.41) is 12.1. The number of nitrogens with one attached hydrogen (secondary N) is 1. The van der Waals surface area contributed by atoms with E-state index in [1.807, 2.05) is 0 Å². The Morgan fingerprint density at radius 2 is 1.85 bits per heavy atom. The van der Waals surface area contributed by atoms with Crippen molar-refractivity contribution in [1.29, 1.82) is 0 Å². The molecule has 114 valence electrons. The van der Waals surface area contributed by atoms with Gasteiger partial charge < -0.3 is 15.3 Å². The summed E-state index contributed by atoms with van der Waals surface area (Å²) in [6.45, 7) is 5.62. The maximum absolute atomic E-state index is 12.2. The quantitative estimate of drug-likeness (QED) is 0.817. The molecule has 0 aromatic rings. The molecule has 5 heteroatoms. The van der Waals surface area contributed by atoms with Crippen LogP contribution >= 0.6 is 0 Å². The fourth-order valence-electron chi connectivity index (χ4n) is 3.42. The number of piperidine rings is 1. The predicted molar refractivity (Wildman–Crippen MR) is 76.5 cm³/mol. The van der Waals surface area contributed by atoms with Gasteiger partial charge in [-0.3, -0.25) is 4.79 Å². The summed E-state index contributed by atoms with van der Waals surface area (Å²) >= 11 is 0. The van der Waals surface area contributed by atoms with Crippen molar-refractivity contribution in [2.24, 2.45) is 11.3 Å². The topological polar surface area (TPSA) is 69.6 Å². The first-order chi connectivity index (χ1) is 9.37. The lowest BCUT2D eigenvalue weighted by Crippen LogP contribution is -2.50. The Morgan fingerprint density at radius 3 is 2.40 bits per heavy atom. The van der Waals surface area contributed by atoms with Crippen LogP contribution in [0.2, 0.25) is 0 Å². The van der Waals surface area contributed by atoms with E-state index >= 15 is 0 Å². The molecule has 1 atom stereocenters. The Balaban J connectivity index is 1.79. The van der Waals surface area contributed by atoms with Crippen LogP contribution in [-0.4, -0.2) is 41.1 Å². The number of amides is 2. The van der Waals surface area contributed by atoms with Gasteiger partial charge in [0.25, 0.3) is 0 Å². The van der Waals surface area contributed by atoms with Gasteiger partial charge in [0.1, 0.15) is 0 Å². The van der Waals surface area contributed by atoms with Crippen molar-refractivity contribution >= 4 is 12.0 Å². The van der Waals surface area contributed by atoms with E-state index in [9.17, 15) is 9.59 Å². The maximum Gasteiger partial charge on any atom is 0.317 e. The minimum atomic E-state index is -0.737. The summed E-state index contributed by atoms with van der Waals surface area (Å²) in [7, 11) is 0. The van der Waals surface area contributed by atoms with Gasteiger partial charge in [0.05, 0.1) is 5.92 Å². The van der Waals surface area contributed by atoms with Crippen LogP contribution in [0.5, 0.6) is 0 Å². The molecular formula is C15H26N2O3. The number of nitrogens with zero attached hydrogens (tertiary/aromatic N) is 1. The van der Waals surface area contributed by atoms with Crippen LogP contribution in [0.3, 0.4) is 0 Å². The summed E-state index contributed by atoms with van der Waals surface area (Å²) in [6, 6.07) is 0.250. The van der Waals surface area contributed by atoms with Gasteiger partial charge in [-0.05, 0) is 37.5 Å². The number of hydrogen-bond acceptors (Lipinski definition) is 2. The molecular weight excluding hydrogens is 256 g/mol. The number of rotatable bonds is 2. The highest BCUT2D eigenvalue weighted by Crippen LogP contribution is 2.35. The number of urea groups is 1. The van der Waals surface area contributed by atoms with E-state index in [2.05, 4.69) is 19.2 Å². The third-order valence-corrected chi connectivity index (χ3v) is 4.66. The van der Waals surface area contributed by atoms with Crippen LogP contribution in [0.15, 0.2) is 0 Å². The molecule has 1 saturated heterocycles. The number of carboxylic acid groups (broad SMARTS) is 1. The van der Waals surface area contributed by atoms with Gasteiger partial charge in [-0.25, -0.2) is 4.79 Å². The average molecular weight is 282 g/mol. The molecule has 0 bridgehead atoms. The second-order valence-electron chi connectivity index (χ2n) is 7.01. The van der Waals surface area contributed by atoms with E-state index < -0.39 is 5.97 Å². The first-order valence-electron chi connectivity index (χ1n) is 7.66. The predicted octanol–water partition coefficient (Wildman–Crippen LogP) is 2.46. The van der Waals surface area contributed by atoms with E-state index in [1.54, 1.807) is 4.90 Å². The fourth-order valence-corrected chi connectivity index (χ4v) is 3.42. The molecule has 2 aliphatic rings. The van der Waals surface area contributed by atoms with Gasteiger partial charge in [0, 0.05) is 19.1 Å². The number of carboxylic acids is 1. The summed E-state index contributed by atoms with van der Waals surface area (Å²) < 4.78 is 0. The molecule has 2 rings (SSSR count). The molecule has 1 saturated carbocycles.